The summed E-state index contributed by atoms with van der Waals surface area (Å²) in [7, 11) is 0. The number of hydrogen-bond acceptors (Lipinski definition) is 3. The highest BCUT2D eigenvalue weighted by Crippen LogP contribution is 2.20. The van der Waals surface area contributed by atoms with Crippen molar-refractivity contribution in [1.29, 1.82) is 0 Å². The van der Waals surface area contributed by atoms with E-state index in [0.717, 1.165) is 11.1 Å². The lowest BCUT2D eigenvalue weighted by atomic mass is 9.89. The number of aryl methyl sites for hydroxylation is 1. The van der Waals surface area contributed by atoms with Crippen molar-refractivity contribution in [3.8, 4) is 0 Å². The van der Waals surface area contributed by atoms with Crippen LogP contribution in [-0.4, -0.2) is 28.5 Å². The van der Waals surface area contributed by atoms with Crippen LogP contribution >= 0.6 is 0 Å². The lowest BCUT2D eigenvalue weighted by Crippen LogP contribution is -2.32. The van der Waals surface area contributed by atoms with E-state index in [1.807, 2.05) is 31.2 Å². The summed E-state index contributed by atoms with van der Waals surface area (Å²) in [6, 6.07) is 9.29. The molecule has 0 atom stereocenters. The van der Waals surface area contributed by atoms with Crippen LogP contribution < -0.4 is 5.32 Å². The molecule has 0 unspecified atom stereocenters. The molecule has 116 valence electrons. The number of benzene rings is 1. The van der Waals surface area contributed by atoms with Gasteiger partial charge in [-0.15, -0.1) is 0 Å². The van der Waals surface area contributed by atoms with E-state index < -0.39 is 11.4 Å². The minimum Gasteiger partial charge on any atom is -0.481 e. The van der Waals surface area contributed by atoms with Gasteiger partial charge in [-0.25, -0.2) is 0 Å². The number of nitrogens with zero attached hydrogens (tertiary/aromatic N) is 1. The van der Waals surface area contributed by atoms with E-state index in [-0.39, 0.29) is 5.91 Å². The third-order valence-corrected chi connectivity index (χ3v) is 3.72. The number of nitrogens with one attached hydrogen (secondary N) is 1. The lowest BCUT2D eigenvalue weighted by molar-refractivity contribution is -0.147. The second-order valence-electron chi connectivity index (χ2n) is 6.02. The van der Waals surface area contributed by atoms with Gasteiger partial charge in [-0.3, -0.25) is 14.6 Å². The maximum atomic E-state index is 12.3. The molecule has 1 aromatic carbocycles. The molecule has 0 saturated carbocycles. The topological polar surface area (TPSA) is 79.3 Å². The number of aliphatic carboxylic acids is 1. The zero-order valence-corrected chi connectivity index (χ0v) is 13.0. The van der Waals surface area contributed by atoms with Crippen LogP contribution in [0.4, 0.5) is 0 Å². The van der Waals surface area contributed by atoms with Crippen LogP contribution in [0.1, 0.15) is 36.3 Å². The molecule has 0 saturated heterocycles. The molecule has 5 heteroatoms. The number of aromatic nitrogens is 1. The molecule has 2 aromatic rings. The van der Waals surface area contributed by atoms with Gasteiger partial charge in [-0.2, -0.15) is 0 Å². The minimum absolute atomic E-state index is 0.232. The molecule has 0 aliphatic rings. The number of para-hydroxylation sites is 1. The summed E-state index contributed by atoms with van der Waals surface area (Å²) in [5.41, 5.74) is 1.16. The Hall–Kier alpha value is -2.43. The maximum Gasteiger partial charge on any atom is 0.309 e. The summed E-state index contributed by atoms with van der Waals surface area (Å²) in [5.74, 6) is -1.10. The molecule has 1 aromatic heterocycles. The standard InChI is InChI=1S/C17H20N2O3/c1-11-7-8-12-5-4-6-13(14(12)19-11)15(20)18-10-9-17(2,3)16(21)22/h4-8H,9-10H2,1-3H3,(H,18,20)(H,21,22). The predicted octanol–water partition coefficient (Wildman–Crippen LogP) is 2.77. The highest BCUT2D eigenvalue weighted by atomic mass is 16.4. The van der Waals surface area contributed by atoms with Gasteiger partial charge in [-0.1, -0.05) is 18.2 Å². The number of amides is 1. The molecule has 22 heavy (non-hydrogen) atoms. The van der Waals surface area contributed by atoms with Gasteiger partial charge in [0.25, 0.3) is 5.91 Å². The van der Waals surface area contributed by atoms with Crippen molar-refractivity contribution in [3.05, 3.63) is 41.6 Å². The molecule has 2 N–H and O–H groups in total. The average Bonchev–Trinajstić information content (AvgIpc) is 2.46. The maximum absolute atomic E-state index is 12.3. The van der Waals surface area contributed by atoms with Crippen molar-refractivity contribution in [2.75, 3.05) is 6.54 Å². The number of pyridine rings is 1. The quantitative estimate of drug-likeness (QED) is 0.890. The number of carbonyl (C=O) groups is 2. The molecule has 5 nitrogen and oxygen atoms in total. The van der Waals surface area contributed by atoms with Gasteiger partial charge in [0, 0.05) is 17.6 Å². The van der Waals surface area contributed by atoms with Gasteiger partial charge in [0.2, 0.25) is 0 Å². The number of fused-ring (bicyclic) bond motifs is 1. The van der Waals surface area contributed by atoms with Crippen molar-refractivity contribution >= 4 is 22.8 Å². The van der Waals surface area contributed by atoms with E-state index >= 15 is 0 Å². The van der Waals surface area contributed by atoms with Crippen LogP contribution in [0.2, 0.25) is 0 Å². The van der Waals surface area contributed by atoms with Crippen LogP contribution in [-0.2, 0) is 4.79 Å². The van der Waals surface area contributed by atoms with E-state index in [1.54, 1.807) is 19.9 Å². The first-order valence-corrected chi connectivity index (χ1v) is 7.19. The summed E-state index contributed by atoms with van der Waals surface area (Å²) in [6.45, 7) is 5.47. The fourth-order valence-electron chi connectivity index (χ4n) is 2.12. The Morgan fingerprint density at radius 2 is 1.95 bits per heavy atom. The second kappa shape index (κ2) is 6.13. The smallest absolute Gasteiger partial charge is 0.309 e. The van der Waals surface area contributed by atoms with Crippen LogP contribution in [0.3, 0.4) is 0 Å². The molecule has 1 amide bonds. The summed E-state index contributed by atoms with van der Waals surface area (Å²) >= 11 is 0. The van der Waals surface area contributed by atoms with E-state index in [0.29, 0.717) is 24.0 Å². The van der Waals surface area contributed by atoms with Crippen molar-refractivity contribution in [2.24, 2.45) is 5.41 Å². The predicted molar refractivity (Wildman–Crippen MR) is 84.8 cm³/mol. The molecule has 0 aliphatic carbocycles. The zero-order valence-electron chi connectivity index (χ0n) is 13.0. The molecular weight excluding hydrogens is 280 g/mol. The van der Waals surface area contributed by atoms with E-state index in [2.05, 4.69) is 10.3 Å². The first-order chi connectivity index (χ1) is 10.3. The SMILES string of the molecule is Cc1ccc2cccc(C(=O)NCCC(C)(C)C(=O)O)c2n1. The van der Waals surface area contributed by atoms with Crippen molar-refractivity contribution in [3.63, 3.8) is 0 Å². The molecule has 0 spiro atoms. The summed E-state index contributed by atoms with van der Waals surface area (Å²) in [4.78, 5) is 27.8. The lowest BCUT2D eigenvalue weighted by Gasteiger charge is -2.19. The molecular formula is C17H20N2O3. The zero-order chi connectivity index (χ0) is 16.3. The number of hydrogen-bond donors (Lipinski definition) is 2. The third kappa shape index (κ3) is 3.42. The Balaban J connectivity index is 2.14. The average molecular weight is 300 g/mol. The normalized spacial score (nSPS) is 11.4. The number of rotatable bonds is 5. The number of carbonyl (C=O) groups excluding carboxylic acids is 1. The fourth-order valence-corrected chi connectivity index (χ4v) is 2.12. The van der Waals surface area contributed by atoms with E-state index in [4.69, 9.17) is 5.11 Å². The summed E-state index contributed by atoms with van der Waals surface area (Å²) < 4.78 is 0. The number of carboxylic acid groups (broad SMARTS) is 1. The molecule has 0 bridgehead atoms. The van der Waals surface area contributed by atoms with Crippen LogP contribution in [0.15, 0.2) is 30.3 Å². The monoisotopic (exact) mass is 300 g/mol. The van der Waals surface area contributed by atoms with Gasteiger partial charge >= 0.3 is 5.97 Å². The Labute approximate surface area is 129 Å². The highest BCUT2D eigenvalue weighted by molar-refractivity contribution is 6.05. The Morgan fingerprint density at radius 3 is 2.64 bits per heavy atom. The van der Waals surface area contributed by atoms with Gasteiger partial charge in [-0.05, 0) is 39.3 Å². The Morgan fingerprint density at radius 1 is 1.23 bits per heavy atom. The first-order valence-electron chi connectivity index (χ1n) is 7.19. The van der Waals surface area contributed by atoms with Crippen molar-refractivity contribution in [2.45, 2.75) is 27.2 Å². The van der Waals surface area contributed by atoms with Crippen LogP contribution in [0, 0.1) is 12.3 Å². The molecule has 0 fully saturated rings. The second-order valence-corrected chi connectivity index (χ2v) is 6.02. The van der Waals surface area contributed by atoms with E-state index in [9.17, 15) is 9.59 Å². The largest absolute Gasteiger partial charge is 0.481 e. The summed E-state index contributed by atoms with van der Waals surface area (Å²) in [6.07, 6.45) is 0.366. The van der Waals surface area contributed by atoms with E-state index in [1.165, 1.54) is 0 Å². The Kier molecular flexibility index (Phi) is 4.45. The minimum atomic E-state index is -0.871. The van der Waals surface area contributed by atoms with Crippen LogP contribution in [0.25, 0.3) is 10.9 Å². The van der Waals surface area contributed by atoms with Gasteiger partial charge in [0.15, 0.2) is 0 Å². The van der Waals surface area contributed by atoms with Crippen LogP contribution in [0.5, 0.6) is 0 Å². The highest BCUT2D eigenvalue weighted by Gasteiger charge is 2.26. The third-order valence-electron chi connectivity index (χ3n) is 3.72. The van der Waals surface area contributed by atoms with Gasteiger partial charge < -0.3 is 10.4 Å². The first kappa shape index (κ1) is 15.9. The number of carboxylic acids is 1. The van der Waals surface area contributed by atoms with Crippen molar-refractivity contribution in [1.82, 2.24) is 10.3 Å². The fraction of sp³-hybridized carbons (Fsp3) is 0.353. The van der Waals surface area contributed by atoms with Gasteiger partial charge in [0.1, 0.15) is 0 Å². The summed E-state index contributed by atoms with van der Waals surface area (Å²) in [5, 5.41) is 12.8. The Bertz CT molecular complexity index is 723. The van der Waals surface area contributed by atoms with Crippen molar-refractivity contribution < 1.29 is 14.7 Å². The molecule has 1 heterocycles. The molecule has 2 rings (SSSR count). The van der Waals surface area contributed by atoms with Gasteiger partial charge in [0.05, 0.1) is 16.5 Å². The molecule has 0 aliphatic heterocycles. The molecule has 0 radical (unpaired) electrons.